The molecular formula is C15H18N2. The highest BCUT2D eigenvalue weighted by atomic mass is 14.9. The van der Waals surface area contributed by atoms with Crippen LogP contribution in [0.4, 0.5) is 5.69 Å². The molecule has 0 radical (unpaired) electrons. The van der Waals surface area contributed by atoms with Crippen LogP contribution < -0.4 is 11.1 Å². The molecule has 0 spiro atoms. The fourth-order valence-corrected chi connectivity index (χ4v) is 1.80. The van der Waals surface area contributed by atoms with Crippen LogP contribution in [0.3, 0.4) is 0 Å². The maximum Gasteiger partial charge on any atom is 0.0343 e. The van der Waals surface area contributed by atoms with Gasteiger partial charge in [-0.25, -0.2) is 0 Å². The van der Waals surface area contributed by atoms with Crippen molar-refractivity contribution in [2.45, 2.75) is 13.0 Å². The molecule has 0 atom stereocenters. The summed E-state index contributed by atoms with van der Waals surface area (Å²) < 4.78 is 0. The van der Waals surface area contributed by atoms with Gasteiger partial charge in [0, 0.05) is 18.8 Å². The lowest BCUT2D eigenvalue weighted by Crippen LogP contribution is -2.05. The lowest BCUT2D eigenvalue weighted by Gasteiger charge is -2.07. The van der Waals surface area contributed by atoms with Crippen LogP contribution in [-0.4, -0.2) is 6.54 Å². The molecule has 2 nitrogen and oxygen atoms in total. The highest BCUT2D eigenvalue weighted by molar-refractivity contribution is 5.45. The van der Waals surface area contributed by atoms with Crippen LogP contribution in [0.5, 0.6) is 0 Å². The first kappa shape index (κ1) is 11.7. The Labute approximate surface area is 102 Å². The van der Waals surface area contributed by atoms with Crippen LogP contribution in [0.15, 0.2) is 54.6 Å². The quantitative estimate of drug-likeness (QED) is 0.822. The molecule has 0 amide bonds. The second-order valence-corrected chi connectivity index (χ2v) is 4.07. The van der Waals surface area contributed by atoms with Gasteiger partial charge in [0.1, 0.15) is 0 Å². The molecule has 3 N–H and O–H groups in total. The van der Waals surface area contributed by atoms with Crippen molar-refractivity contribution in [3.8, 4) is 0 Å². The van der Waals surface area contributed by atoms with Crippen molar-refractivity contribution in [2.24, 2.45) is 5.73 Å². The molecule has 0 aliphatic rings. The normalized spacial score (nSPS) is 10.2. The molecule has 0 saturated heterocycles. The van der Waals surface area contributed by atoms with Crippen LogP contribution in [-0.2, 0) is 13.0 Å². The number of benzene rings is 2. The zero-order valence-corrected chi connectivity index (χ0v) is 9.89. The first-order chi connectivity index (χ1) is 8.38. The number of nitrogens with one attached hydrogen (secondary N) is 1. The van der Waals surface area contributed by atoms with Gasteiger partial charge in [-0.3, -0.25) is 0 Å². The Morgan fingerprint density at radius 1 is 0.882 bits per heavy atom. The average Bonchev–Trinajstić information content (AvgIpc) is 2.40. The Kier molecular flexibility index (Phi) is 4.17. The van der Waals surface area contributed by atoms with E-state index < -0.39 is 0 Å². The molecule has 2 aromatic rings. The third-order valence-electron chi connectivity index (χ3n) is 2.75. The van der Waals surface area contributed by atoms with E-state index in [1.807, 2.05) is 18.2 Å². The summed E-state index contributed by atoms with van der Waals surface area (Å²) in [5.74, 6) is 0. The summed E-state index contributed by atoms with van der Waals surface area (Å²) in [6.07, 6.45) is 1.04. The second-order valence-electron chi connectivity index (χ2n) is 4.07. The molecule has 2 aromatic carbocycles. The van der Waals surface area contributed by atoms with Crippen LogP contribution in [0.1, 0.15) is 11.1 Å². The third-order valence-corrected chi connectivity index (χ3v) is 2.75. The van der Waals surface area contributed by atoms with Crippen molar-refractivity contribution >= 4 is 5.69 Å². The zero-order valence-electron chi connectivity index (χ0n) is 9.89. The van der Waals surface area contributed by atoms with E-state index in [0.717, 1.165) is 24.2 Å². The molecular weight excluding hydrogens is 208 g/mol. The maximum atomic E-state index is 5.61. The highest BCUT2D eigenvalue weighted by Crippen LogP contribution is 2.10. The zero-order chi connectivity index (χ0) is 11.9. The van der Waals surface area contributed by atoms with E-state index in [1.54, 1.807) is 0 Å². The molecule has 0 aliphatic heterocycles. The molecule has 0 aliphatic carbocycles. The van der Waals surface area contributed by atoms with E-state index in [1.165, 1.54) is 5.56 Å². The minimum absolute atomic E-state index is 0.591. The van der Waals surface area contributed by atoms with Gasteiger partial charge in [0.15, 0.2) is 0 Å². The van der Waals surface area contributed by atoms with E-state index in [2.05, 4.69) is 41.7 Å². The van der Waals surface area contributed by atoms with E-state index in [4.69, 9.17) is 5.73 Å². The van der Waals surface area contributed by atoms with Gasteiger partial charge >= 0.3 is 0 Å². The van der Waals surface area contributed by atoms with E-state index >= 15 is 0 Å². The van der Waals surface area contributed by atoms with Gasteiger partial charge in [0.2, 0.25) is 0 Å². The van der Waals surface area contributed by atoms with E-state index in [9.17, 15) is 0 Å². The lowest BCUT2D eigenvalue weighted by molar-refractivity contribution is 1.01. The van der Waals surface area contributed by atoms with Gasteiger partial charge in [0.05, 0.1) is 0 Å². The number of hydrogen-bond acceptors (Lipinski definition) is 2. The monoisotopic (exact) mass is 226 g/mol. The van der Waals surface area contributed by atoms with Crippen LogP contribution in [0.2, 0.25) is 0 Å². The van der Waals surface area contributed by atoms with Gasteiger partial charge < -0.3 is 11.1 Å². The average molecular weight is 226 g/mol. The Morgan fingerprint density at radius 2 is 1.65 bits per heavy atom. The van der Waals surface area contributed by atoms with Crippen molar-refractivity contribution in [3.63, 3.8) is 0 Å². The SMILES string of the molecule is NCc1cccc(NCCc2ccccc2)c1. The van der Waals surface area contributed by atoms with Crippen molar-refractivity contribution in [2.75, 3.05) is 11.9 Å². The fraction of sp³-hybridized carbons (Fsp3) is 0.200. The fourth-order valence-electron chi connectivity index (χ4n) is 1.80. The number of rotatable bonds is 5. The van der Waals surface area contributed by atoms with Crippen molar-refractivity contribution in [1.29, 1.82) is 0 Å². The Balaban J connectivity index is 1.86. The molecule has 2 rings (SSSR count). The van der Waals surface area contributed by atoms with Crippen LogP contribution in [0, 0.1) is 0 Å². The van der Waals surface area contributed by atoms with Crippen LogP contribution >= 0.6 is 0 Å². The van der Waals surface area contributed by atoms with Crippen molar-refractivity contribution in [1.82, 2.24) is 0 Å². The Bertz CT molecular complexity index is 451. The molecule has 0 saturated carbocycles. The molecule has 0 unspecified atom stereocenters. The molecule has 0 heterocycles. The molecule has 2 heteroatoms. The summed E-state index contributed by atoms with van der Waals surface area (Å²) >= 11 is 0. The van der Waals surface area contributed by atoms with Crippen molar-refractivity contribution in [3.05, 3.63) is 65.7 Å². The maximum absolute atomic E-state index is 5.61. The Hall–Kier alpha value is -1.80. The van der Waals surface area contributed by atoms with Gasteiger partial charge in [0.25, 0.3) is 0 Å². The largest absolute Gasteiger partial charge is 0.385 e. The van der Waals surface area contributed by atoms with E-state index in [-0.39, 0.29) is 0 Å². The number of nitrogens with two attached hydrogens (primary N) is 1. The number of anilines is 1. The lowest BCUT2D eigenvalue weighted by atomic mass is 10.1. The molecule has 17 heavy (non-hydrogen) atoms. The summed E-state index contributed by atoms with van der Waals surface area (Å²) in [5, 5.41) is 3.41. The van der Waals surface area contributed by atoms with Crippen LogP contribution in [0.25, 0.3) is 0 Å². The highest BCUT2D eigenvalue weighted by Gasteiger charge is 1.95. The number of hydrogen-bond donors (Lipinski definition) is 2. The predicted octanol–water partition coefficient (Wildman–Crippen LogP) is 2.80. The third kappa shape index (κ3) is 3.61. The summed E-state index contributed by atoms with van der Waals surface area (Å²) in [6, 6.07) is 18.7. The minimum atomic E-state index is 0.591. The molecule has 0 aromatic heterocycles. The summed E-state index contributed by atoms with van der Waals surface area (Å²) in [6.45, 7) is 1.53. The first-order valence-corrected chi connectivity index (χ1v) is 5.95. The predicted molar refractivity (Wildman–Crippen MR) is 73.0 cm³/mol. The van der Waals surface area contributed by atoms with Gasteiger partial charge in [-0.1, -0.05) is 42.5 Å². The van der Waals surface area contributed by atoms with E-state index in [0.29, 0.717) is 6.54 Å². The summed E-state index contributed by atoms with van der Waals surface area (Å²) in [5.41, 5.74) is 9.27. The molecule has 0 bridgehead atoms. The van der Waals surface area contributed by atoms with Crippen molar-refractivity contribution < 1.29 is 0 Å². The molecule has 88 valence electrons. The van der Waals surface area contributed by atoms with Gasteiger partial charge in [-0.05, 0) is 29.7 Å². The molecule has 0 fully saturated rings. The topological polar surface area (TPSA) is 38.0 Å². The first-order valence-electron chi connectivity index (χ1n) is 5.95. The second kappa shape index (κ2) is 6.06. The minimum Gasteiger partial charge on any atom is -0.385 e. The van der Waals surface area contributed by atoms with Gasteiger partial charge in [-0.15, -0.1) is 0 Å². The standard InChI is InChI=1S/C15H18N2/c16-12-14-7-4-8-15(11-14)17-10-9-13-5-2-1-3-6-13/h1-8,11,17H,9-10,12,16H2. The Morgan fingerprint density at radius 3 is 2.41 bits per heavy atom. The summed E-state index contributed by atoms with van der Waals surface area (Å²) in [4.78, 5) is 0. The van der Waals surface area contributed by atoms with Gasteiger partial charge in [-0.2, -0.15) is 0 Å². The summed E-state index contributed by atoms with van der Waals surface area (Å²) in [7, 11) is 0. The smallest absolute Gasteiger partial charge is 0.0343 e.